The van der Waals surface area contributed by atoms with E-state index in [-0.39, 0.29) is 23.3 Å². The Labute approximate surface area is 96.7 Å². The molecule has 1 aliphatic heterocycles. The summed E-state index contributed by atoms with van der Waals surface area (Å²) in [6.45, 7) is 8.52. The standard InChI is InChI=1S/C11H20ClNO2/c1-4-15-9-5-6-13(10(14)7-12)8-11(9,2)3/h9H,4-8H2,1-3H3. The molecule has 0 N–H and O–H groups in total. The largest absolute Gasteiger partial charge is 0.378 e. The molecule has 4 heteroatoms. The van der Waals surface area contributed by atoms with Gasteiger partial charge in [0.1, 0.15) is 5.88 Å². The molecule has 1 atom stereocenters. The van der Waals surface area contributed by atoms with Gasteiger partial charge in [-0.05, 0) is 13.3 Å². The van der Waals surface area contributed by atoms with Gasteiger partial charge in [-0.25, -0.2) is 0 Å². The van der Waals surface area contributed by atoms with Crippen molar-refractivity contribution >= 4 is 17.5 Å². The van der Waals surface area contributed by atoms with Gasteiger partial charge in [0.2, 0.25) is 5.91 Å². The Kier molecular flexibility index (Phi) is 4.41. The van der Waals surface area contributed by atoms with Crippen molar-refractivity contribution < 1.29 is 9.53 Å². The zero-order valence-electron chi connectivity index (χ0n) is 9.75. The van der Waals surface area contributed by atoms with Gasteiger partial charge in [-0.2, -0.15) is 0 Å². The van der Waals surface area contributed by atoms with Crippen molar-refractivity contribution in [2.24, 2.45) is 5.41 Å². The Bertz CT molecular complexity index is 231. The molecule has 88 valence electrons. The summed E-state index contributed by atoms with van der Waals surface area (Å²) in [5.41, 5.74) is 0.0238. The number of hydrogen-bond acceptors (Lipinski definition) is 2. The van der Waals surface area contributed by atoms with Crippen LogP contribution in [0.1, 0.15) is 27.2 Å². The molecule has 1 amide bonds. The van der Waals surface area contributed by atoms with Crippen LogP contribution in [0.3, 0.4) is 0 Å². The molecule has 0 aromatic carbocycles. The lowest BCUT2D eigenvalue weighted by Crippen LogP contribution is -2.51. The maximum atomic E-state index is 11.5. The Hall–Kier alpha value is -0.280. The predicted octanol–water partition coefficient (Wildman–Crippen LogP) is 1.89. The fourth-order valence-corrected chi connectivity index (χ4v) is 2.31. The minimum Gasteiger partial charge on any atom is -0.378 e. The normalized spacial score (nSPS) is 25.3. The van der Waals surface area contributed by atoms with Crippen LogP contribution < -0.4 is 0 Å². The number of carbonyl (C=O) groups excluding carboxylic acids is 1. The number of carbonyl (C=O) groups is 1. The highest BCUT2D eigenvalue weighted by Gasteiger charge is 2.37. The maximum Gasteiger partial charge on any atom is 0.237 e. The molecule has 15 heavy (non-hydrogen) atoms. The highest BCUT2D eigenvalue weighted by molar-refractivity contribution is 6.27. The van der Waals surface area contributed by atoms with Crippen molar-refractivity contribution in [3.63, 3.8) is 0 Å². The number of ether oxygens (including phenoxy) is 1. The quantitative estimate of drug-likeness (QED) is 0.697. The molecule has 0 radical (unpaired) electrons. The van der Waals surface area contributed by atoms with Gasteiger partial charge >= 0.3 is 0 Å². The Balaban J connectivity index is 2.59. The van der Waals surface area contributed by atoms with Gasteiger partial charge in [0, 0.05) is 25.1 Å². The smallest absolute Gasteiger partial charge is 0.237 e. The zero-order chi connectivity index (χ0) is 11.5. The number of rotatable bonds is 3. The zero-order valence-corrected chi connectivity index (χ0v) is 10.5. The Morgan fingerprint density at radius 3 is 2.73 bits per heavy atom. The van der Waals surface area contributed by atoms with Crippen molar-refractivity contribution in [2.75, 3.05) is 25.6 Å². The first-order valence-corrected chi connectivity index (χ1v) is 6.00. The number of alkyl halides is 1. The number of likely N-dealkylation sites (tertiary alicyclic amines) is 1. The summed E-state index contributed by atoms with van der Waals surface area (Å²) >= 11 is 5.55. The van der Waals surface area contributed by atoms with Crippen LogP contribution in [0.15, 0.2) is 0 Å². The van der Waals surface area contributed by atoms with Gasteiger partial charge in [-0.3, -0.25) is 4.79 Å². The number of nitrogens with zero attached hydrogens (tertiary/aromatic N) is 1. The van der Waals surface area contributed by atoms with Gasteiger partial charge in [-0.15, -0.1) is 11.6 Å². The molecule has 1 saturated heterocycles. The molecule has 1 heterocycles. The van der Waals surface area contributed by atoms with Gasteiger partial charge in [0.15, 0.2) is 0 Å². The summed E-state index contributed by atoms with van der Waals surface area (Å²) in [6.07, 6.45) is 1.16. The predicted molar refractivity (Wildman–Crippen MR) is 61.1 cm³/mol. The summed E-state index contributed by atoms with van der Waals surface area (Å²) in [4.78, 5) is 13.3. The molecule has 0 saturated carbocycles. The fourth-order valence-electron chi connectivity index (χ4n) is 2.14. The number of hydrogen-bond donors (Lipinski definition) is 0. The van der Waals surface area contributed by atoms with Crippen LogP contribution >= 0.6 is 11.6 Å². The highest BCUT2D eigenvalue weighted by atomic mass is 35.5. The molecule has 0 aromatic rings. The van der Waals surface area contributed by atoms with Gasteiger partial charge in [0.25, 0.3) is 0 Å². The van der Waals surface area contributed by atoms with E-state index >= 15 is 0 Å². The molecule has 1 aliphatic rings. The van der Waals surface area contributed by atoms with Crippen molar-refractivity contribution in [2.45, 2.75) is 33.3 Å². The van der Waals surface area contributed by atoms with E-state index in [2.05, 4.69) is 13.8 Å². The average Bonchev–Trinajstić information content (AvgIpc) is 2.19. The van der Waals surface area contributed by atoms with Gasteiger partial charge in [-0.1, -0.05) is 13.8 Å². The third-order valence-corrected chi connectivity index (χ3v) is 3.19. The van der Waals surface area contributed by atoms with Crippen LogP contribution in [0.25, 0.3) is 0 Å². The minimum absolute atomic E-state index is 0.0238. The molecule has 1 unspecified atom stereocenters. The average molecular weight is 234 g/mol. The molecule has 1 fully saturated rings. The molecule has 0 spiro atoms. The molecule has 0 aliphatic carbocycles. The van der Waals surface area contributed by atoms with E-state index in [0.29, 0.717) is 0 Å². The van der Waals surface area contributed by atoms with Gasteiger partial charge < -0.3 is 9.64 Å². The van der Waals surface area contributed by atoms with Crippen molar-refractivity contribution in [1.82, 2.24) is 4.90 Å². The first-order valence-electron chi connectivity index (χ1n) is 5.46. The minimum atomic E-state index is 0.0238. The topological polar surface area (TPSA) is 29.5 Å². The molecule has 0 bridgehead atoms. The second-order valence-corrected chi connectivity index (χ2v) is 4.94. The summed E-state index contributed by atoms with van der Waals surface area (Å²) < 4.78 is 5.69. The number of halogens is 1. The van der Waals surface area contributed by atoms with E-state index in [1.54, 1.807) is 0 Å². The lowest BCUT2D eigenvalue weighted by Gasteiger charge is -2.43. The van der Waals surface area contributed by atoms with Crippen LogP contribution in [0.2, 0.25) is 0 Å². The monoisotopic (exact) mass is 233 g/mol. The lowest BCUT2D eigenvalue weighted by atomic mass is 9.81. The fraction of sp³-hybridized carbons (Fsp3) is 0.909. The summed E-state index contributed by atoms with van der Waals surface area (Å²) in [5.74, 6) is 0.106. The van der Waals surface area contributed by atoms with Crippen LogP contribution in [-0.2, 0) is 9.53 Å². The second kappa shape index (κ2) is 5.17. The molecular weight excluding hydrogens is 214 g/mol. The van der Waals surface area contributed by atoms with Crippen molar-refractivity contribution in [3.8, 4) is 0 Å². The van der Waals surface area contributed by atoms with Crippen molar-refractivity contribution in [1.29, 1.82) is 0 Å². The SMILES string of the molecule is CCOC1CCN(C(=O)CCl)CC1(C)C. The van der Waals surface area contributed by atoms with E-state index in [9.17, 15) is 4.79 Å². The van der Waals surface area contributed by atoms with E-state index < -0.39 is 0 Å². The first-order chi connectivity index (χ1) is 7.01. The summed E-state index contributed by atoms with van der Waals surface area (Å²) in [5, 5.41) is 0. The molecule has 3 nitrogen and oxygen atoms in total. The second-order valence-electron chi connectivity index (χ2n) is 4.67. The third kappa shape index (κ3) is 3.08. The van der Waals surface area contributed by atoms with Crippen LogP contribution in [0, 0.1) is 5.41 Å². The highest BCUT2D eigenvalue weighted by Crippen LogP contribution is 2.31. The number of piperidine rings is 1. The molecular formula is C11H20ClNO2. The molecule has 1 rings (SSSR count). The lowest BCUT2D eigenvalue weighted by molar-refractivity contribution is -0.137. The van der Waals surface area contributed by atoms with E-state index in [0.717, 1.165) is 26.1 Å². The first kappa shape index (κ1) is 12.8. The van der Waals surface area contributed by atoms with Gasteiger partial charge in [0.05, 0.1) is 6.10 Å². The van der Waals surface area contributed by atoms with E-state index in [1.165, 1.54) is 0 Å². The van der Waals surface area contributed by atoms with Crippen LogP contribution in [-0.4, -0.2) is 42.5 Å². The maximum absolute atomic E-state index is 11.5. The molecule has 0 aromatic heterocycles. The Morgan fingerprint density at radius 1 is 1.60 bits per heavy atom. The summed E-state index contributed by atoms with van der Waals surface area (Å²) in [7, 11) is 0. The third-order valence-electron chi connectivity index (χ3n) is 2.97. The number of amides is 1. The van der Waals surface area contributed by atoms with Crippen molar-refractivity contribution in [3.05, 3.63) is 0 Å². The summed E-state index contributed by atoms with van der Waals surface area (Å²) in [6, 6.07) is 0. The van der Waals surface area contributed by atoms with E-state index in [4.69, 9.17) is 16.3 Å². The van der Waals surface area contributed by atoms with Crippen LogP contribution in [0.4, 0.5) is 0 Å². The Morgan fingerprint density at radius 2 is 2.27 bits per heavy atom. The van der Waals surface area contributed by atoms with Crippen LogP contribution in [0.5, 0.6) is 0 Å². The van der Waals surface area contributed by atoms with E-state index in [1.807, 2.05) is 11.8 Å².